The Labute approximate surface area is 101 Å². The lowest BCUT2D eigenvalue weighted by Crippen LogP contribution is -2.37. The average Bonchev–Trinajstić information content (AvgIpc) is 2.49. The highest BCUT2D eigenvalue weighted by molar-refractivity contribution is 6.01. The molecular formula is C11H18N2O4. The van der Waals surface area contributed by atoms with Gasteiger partial charge in [-0.05, 0) is 27.7 Å². The largest absolute Gasteiger partial charge is 0.443 e. The summed E-state index contributed by atoms with van der Waals surface area (Å²) in [4.78, 5) is 37.0. The van der Waals surface area contributed by atoms with Crippen LogP contribution < -0.4 is 0 Å². The van der Waals surface area contributed by atoms with Gasteiger partial charge >= 0.3 is 12.0 Å². The molecule has 0 N–H and O–H groups in total. The van der Waals surface area contributed by atoms with Crippen molar-refractivity contribution >= 4 is 17.9 Å². The van der Waals surface area contributed by atoms with Gasteiger partial charge in [-0.25, -0.2) is 9.69 Å². The van der Waals surface area contributed by atoms with Crippen LogP contribution in [0.15, 0.2) is 0 Å². The molecular weight excluding hydrogens is 224 g/mol. The number of urea groups is 1. The number of hydrogen-bond donors (Lipinski definition) is 0. The van der Waals surface area contributed by atoms with Gasteiger partial charge in [0.15, 0.2) is 6.73 Å². The third-order valence-corrected chi connectivity index (χ3v) is 2.45. The molecule has 6 nitrogen and oxygen atoms in total. The Balaban J connectivity index is 2.56. The summed E-state index contributed by atoms with van der Waals surface area (Å²) in [5.74, 6) is -0.772. The van der Waals surface area contributed by atoms with Crippen molar-refractivity contribution in [3.8, 4) is 0 Å². The van der Waals surface area contributed by atoms with Crippen LogP contribution in [0.5, 0.6) is 0 Å². The van der Waals surface area contributed by atoms with Crippen LogP contribution in [0.25, 0.3) is 0 Å². The van der Waals surface area contributed by atoms with Crippen LogP contribution in [0.4, 0.5) is 4.79 Å². The molecule has 1 saturated heterocycles. The Morgan fingerprint density at radius 3 is 2.35 bits per heavy atom. The molecule has 96 valence electrons. The molecule has 0 unspecified atom stereocenters. The second-order valence-corrected chi connectivity index (χ2v) is 4.93. The quantitative estimate of drug-likeness (QED) is 0.542. The minimum atomic E-state index is -0.643. The Morgan fingerprint density at radius 2 is 1.94 bits per heavy atom. The third kappa shape index (κ3) is 2.95. The molecule has 3 amide bonds. The minimum absolute atomic E-state index is 0.0579. The number of hydrogen-bond acceptors (Lipinski definition) is 4. The highest BCUT2D eigenvalue weighted by Gasteiger charge is 2.36. The molecule has 0 aliphatic carbocycles. The molecule has 0 aromatic heterocycles. The van der Waals surface area contributed by atoms with E-state index in [0.29, 0.717) is 6.54 Å². The van der Waals surface area contributed by atoms with Crippen molar-refractivity contribution < 1.29 is 19.1 Å². The van der Waals surface area contributed by atoms with Crippen molar-refractivity contribution in [2.75, 3.05) is 19.8 Å². The summed E-state index contributed by atoms with van der Waals surface area (Å²) in [7, 11) is 0. The smallest absolute Gasteiger partial charge is 0.330 e. The first-order chi connectivity index (χ1) is 7.77. The van der Waals surface area contributed by atoms with Gasteiger partial charge in [-0.2, -0.15) is 0 Å². The number of rotatable bonds is 3. The Kier molecular flexibility index (Phi) is 3.75. The number of carbonyl (C=O) groups is 3. The molecule has 6 heteroatoms. The maximum absolute atomic E-state index is 11.6. The first-order valence-corrected chi connectivity index (χ1v) is 5.54. The zero-order valence-electron chi connectivity index (χ0n) is 10.6. The molecule has 0 aromatic carbocycles. The van der Waals surface area contributed by atoms with Gasteiger partial charge in [-0.1, -0.05) is 0 Å². The van der Waals surface area contributed by atoms with E-state index >= 15 is 0 Å². The van der Waals surface area contributed by atoms with Gasteiger partial charge in [0, 0.05) is 6.54 Å². The fourth-order valence-corrected chi connectivity index (χ4v) is 1.31. The number of esters is 1. The van der Waals surface area contributed by atoms with Crippen molar-refractivity contribution in [3.63, 3.8) is 0 Å². The number of ether oxygens (including phenoxy) is 1. The Bertz CT molecular complexity index is 346. The maximum Gasteiger partial charge on any atom is 0.330 e. The highest BCUT2D eigenvalue weighted by atomic mass is 16.5. The van der Waals surface area contributed by atoms with Crippen LogP contribution in [-0.2, 0) is 14.3 Å². The Hall–Kier alpha value is -1.59. The lowest BCUT2D eigenvalue weighted by atomic mass is 9.98. The van der Waals surface area contributed by atoms with Gasteiger partial charge in [0.2, 0.25) is 0 Å². The number of imide groups is 1. The van der Waals surface area contributed by atoms with Crippen LogP contribution in [0, 0.1) is 5.41 Å². The van der Waals surface area contributed by atoms with Crippen LogP contribution in [0.3, 0.4) is 0 Å². The van der Waals surface area contributed by atoms with E-state index in [4.69, 9.17) is 4.74 Å². The van der Waals surface area contributed by atoms with Gasteiger partial charge in [0.25, 0.3) is 5.91 Å². The standard InChI is InChI=1S/C11H18N2O4/c1-5-12-6-8(14)13(10(12)16)7-17-9(15)11(2,3)4/h5-7H2,1-4H3. The minimum Gasteiger partial charge on any atom is -0.443 e. The van der Waals surface area contributed by atoms with Crippen LogP contribution in [-0.4, -0.2) is 47.5 Å². The molecule has 1 heterocycles. The van der Waals surface area contributed by atoms with E-state index in [1.54, 1.807) is 27.7 Å². The zero-order valence-corrected chi connectivity index (χ0v) is 10.6. The molecule has 0 saturated carbocycles. The highest BCUT2D eigenvalue weighted by Crippen LogP contribution is 2.16. The number of likely N-dealkylation sites (N-methyl/N-ethyl adjacent to an activating group) is 1. The third-order valence-electron chi connectivity index (χ3n) is 2.45. The van der Waals surface area contributed by atoms with Crippen molar-refractivity contribution in [2.24, 2.45) is 5.41 Å². The van der Waals surface area contributed by atoms with Gasteiger partial charge in [-0.3, -0.25) is 9.59 Å². The summed E-state index contributed by atoms with van der Waals surface area (Å²) < 4.78 is 4.94. The van der Waals surface area contributed by atoms with E-state index in [-0.39, 0.29) is 19.2 Å². The van der Waals surface area contributed by atoms with E-state index in [1.165, 1.54) is 4.90 Å². The number of nitrogens with zero attached hydrogens (tertiary/aromatic N) is 2. The molecule has 0 atom stereocenters. The fourth-order valence-electron chi connectivity index (χ4n) is 1.31. The SMILES string of the molecule is CCN1CC(=O)N(COC(=O)C(C)(C)C)C1=O. The first kappa shape index (κ1) is 13.5. The van der Waals surface area contributed by atoms with E-state index in [2.05, 4.69) is 0 Å². The average molecular weight is 242 g/mol. The number of carbonyl (C=O) groups excluding carboxylic acids is 3. The molecule has 1 aliphatic rings. The second-order valence-electron chi connectivity index (χ2n) is 4.93. The molecule has 1 rings (SSSR count). The fraction of sp³-hybridized carbons (Fsp3) is 0.727. The summed E-state index contributed by atoms with van der Waals surface area (Å²) >= 11 is 0. The van der Waals surface area contributed by atoms with Crippen LogP contribution in [0.1, 0.15) is 27.7 Å². The van der Waals surface area contributed by atoms with Gasteiger partial charge in [-0.15, -0.1) is 0 Å². The van der Waals surface area contributed by atoms with Gasteiger partial charge in [0.05, 0.1) is 5.41 Å². The molecule has 0 bridgehead atoms. The molecule has 1 aliphatic heterocycles. The lowest BCUT2D eigenvalue weighted by molar-refractivity contribution is -0.157. The van der Waals surface area contributed by atoms with Gasteiger partial charge < -0.3 is 9.64 Å². The predicted octanol–water partition coefficient (Wildman–Crippen LogP) is 0.817. The second kappa shape index (κ2) is 4.73. The van der Waals surface area contributed by atoms with E-state index in [9.17, 15) is 14.4 Å². The number of amides is 3. The van der Waals surface area contributed by atoms with Gasteiger partial charge in [0.1, 0.15) is 6.54 Å². The summed E-state index contributed by atoms with van der Waals surface area (Å²) in [5, 5.41) is 0. The summed E-state index contributed by atoms with van der Waals surface area (Å²) in [5.41, 5.74) is -0.643. The maximum atomic E-state index is 11.6. The van der Waals surface area contributed by atoms with Crippen molar-refractivity contribution in [1.29, 1.82) is 0 Å². The van der Waals surface area contributed by atoms with E-state index in [0.717, 1.165) is 4.90 Å². The topological polar surface area (TPSA) is 66.9 Å². The molecule has 0 spiro atoms. The van der Waals surface area contributed by atoms with E-state index < -0.39 is 17.4 Å². The lowest BCUT2D eigenvalue weighted by Gasteiger charge is -2.20. The van der Waals surface area contributed by atoms with Crippen LogP contribution >= 0.6 is 0 Å². The first-order valence-electron chi connectivity index (χ1n) is 5.54. The monoisotopic (exact) mass is 242 g/mol. The summed E-state index contributed by atoms with van der Waals surface area (Å²) in [6, 6.07) is -0.404. The molecule has 0 aromatic rings. The van der Waals surface area contributed by atoms with Crippen molar-refractivity contribution in [1.82, 2.24) is 9.80 Å². The zero-order chi connectivity index (χ0) is 13.2. The van der Waals surface area contributed by atoms with Crippen LogP contribution in [0.2, 0.25) is 0 Å². The van der Waals surface area contributed by atoms with Crippen molar-refractivity contribution in [2.45, 2.75) is 27.7 Å². The van der Waals surface area contributed by atoms with Crippen molar-refractivity contribution in [3.05, 3.63) is 0 Å². The summed E-state index contributed by atoms with van der Waals surface area (Å²) in [6.45, 7) is 7.14. The normalized spacial score (nSPS) is 16.7. The predicted molar refractivity (Wildman–Crippen MR) is 59.9 cm³/mol. The van der Waals surface area contributed by atoms with E-state index in [1.807, 2.05) is 0 Å². The molecule has 1 fully saturated rings. The summed E-state index contributed by atoms with van der Waals surface area (Å²) in [6.07, 6.45) is 0. The Morgan fingerprint density at radius 1 is 1.35 bits per heavy atom. The molecule has 0 radical (unpaired) electrons. The molecule has 17 heavy (non-hydrogen) atoms.